The normalized spacial score (nSPS) is 13.1. The molecule has 0 saturated heterocycles. The van der Waals surface area contributed by atoms with Gasteiger partial charge in [-0.1, -0.05) is 44.2 Å². The van der Waals surface area contributed by atoms with Crippen molar-refractivity contribution < 1.29 is 0 Å². The van der Waals surface area contributed by atoms with Crippen molar-refractivity contribution in [1.29, 1.82) is 0 Å². The molecule has 0 aliphatic carbocycles. The molecule has 0 fully saturated rings. The number of hydrogen-bond donors (Lipinski definition) is 1. The molecule has 0 aliphatic rings. The van der Waals surface area contributed by atoms with E-state index in [1.54, 1.807) is 0 Å². The Kier molecular flexibility index (Phi) is 4.68. The summed E-state index contributed by atoms with van der Waals surface area (Å²) in [6.07, 6.45) is 1.24. The van der Waals surface area contributed by atoms with Gasteiger partial charge in [0.2, 0.25) is 0 Å². The van der Waals surface area contributed by atoms with Crippen molar-refractivity contribution in [1.82, 2.24) is 5.32 Å². The van der Waals surface area contributed by atoms with E-state index in [2.05, 4.69) is 56.4 Å². The first-order chi connectivity index (χ1) is 6.68. The zero-order chi connectivity index (χ0) is 10.4. The average molecular weight is 191 g/mol. The molecule has 0 aliphatic heterocycles. The van der Waals surface area contributed by atoms with Crippen molar-refractivity contribution in [2.75, 3.05) is 0 Å². The van der Waals surface area contributed by atoms with E-state index < -0.39 is 0 Å². The lowest BCUT2D eigenvalue weighted by Gasteiger charge is -2.15. The summed E-state index contributed by atoms with van der Waals surface area (Å²) in [5, 5.41) is 3.53. The van der Waals surface area contributed by atoms with Crippen LogP contribution >= 0.6 is 0 Å². The van der Waals surface area contributed by atoms with Crippen LogP contribution in [-0.4, -0.2) is 6.04 Å². The van der Waals surface area contributed by atoms with Crippen molar-refractivity contribution in [3.63, 3.8) is 0 Å². The molecule has 0 amide bonds. The molecule has 0 radical (unpaired) electrons. The first-order valence-electron chi connectivity index (χ1n) is 5.46. The molecule has 1 heteroatoms. The minimum absolute atomic E-state index is 0.607. The summed E-state index contributed by atoms with van der Waals surface area (Å²) in [5.74, 6) is 0.772. The van der Waals surface area contributed by atoms with E-state index in [1.807, 2.05) is 0 Å². The van der Waals surface area contributed by atoms with Crippen LogP contribution in [0, 0.1) is 5.92 Å². The summed E-state index contributed by atoms with van der Waals surface area (Å²) < 4.78 is 0. The molecule has 0 aromatic heterocycles. The van der Waals surface area contributed by atoms with Crippen LogP contribution in [0.3, 0.4) is 0 Å². The van der Waals surface area contributed by atoms with Gasteiger partial charge in [-0.25, -0.2) is 0 Å². The van der Waals surface area contributed by atoms with Crippen LogP contribution in [0.15, 0.2) is 30.3 Å². The molecular weight excluding hydrogens is 170 g/mol. The highest BCUT2D eigenvalue weighted by Crippen LogP contribution is 2.05. The van der Waals surface area contributed by atoms with Crippen molar-refractivity contribution in [3.05, 3.63) is 35.9 Å². The highest BCUT2D eigenvalue weighted by molar-refractivity contribution is 5.14. The minimum Gasteiger partial charge on any atom is -0.310 e. The van der Waals surface area contributed by atoms with Crippen molar-refractivity contribution in [3.8, 4) is 0 Å². The first-order valence-corrected chi connectivity index (χ1v) is 5.46. The highest BCUT2D eigenvalue weighted by Gasteiger charge is 2.03. The van der Waals surface area contributed by atoms with Gasteiger partial charge in [-0.15, -0.1) is 0 Å². The maximum absolute atomic E-state index is 3.53. The molecule has 1 nitrogen and oxygen atoms in total. The van der Waals surface area contributed by atoms with E-state index >= 15 is 0 Å². The molecular formula is C13H21N. The Labute approximate surface area is 87.5 Å². The van der Waals surface area contributed by atoms with Crippen molar-refractivity contribution >= 4 is 0 Å². The van der Waals surface area contributed by atoms with Gasteiger partial charge in [-0.3, -0.25) is 0 Å². The van der Waals surface area contributed by atoms with Crippen LogP contribution < -0.4 is 5.32 Å². The predicted octanol–water partition coefficient (Wildman–Crippen LogP) is 3.21. The topological polar surface area (TPSA) is 12.0 Å². The van der Waals surface area contributed by atoms with Crippen LogP contribution in [-0.2, 0) is 6.54 Å². The van der Waals surface area contributed by atoms with Crippen LogP contribution in [0.4, 0.5) is 0 Å². The molecule has 1 aromatic carbocycles. The molecule has 1 N–H and O–H groups in total. The molecule has 14 heavy (non-hydrogen) atoms. The zero-order valence-corrected chi connectivity index (χ0v) is 9.46. The summed E-state index contributed by atoms with van der Waals surface area (Å²) in [4.78, 5) is 0. The fraction of sp³-hybridized carbons (Fsp3) is 0.538. The second-order valence-electron chi connectivity index (χ2n) is 4.40. The summed E-state index contributed by atoms with van der Waals surface area (Å²) in [5.41, 5.74) is 1.36. The molecule has 0 heterocycles. The lowest BCUT2D eigenvalue weighted by Crippen LogP contribution is -2.26. The van der Waals surface area contributed by atoms with Crippen LogP contribution in [0.2, 0.25) is 0 Å². The quantitative estimate of drug-likeness (QED) is 0.753. The maximum Gasteiger partial charge on any atom is 0.0207 e. The second-order valence-corrected chi connectivity index (χ2v) is 4.40. The van der Waals surface area contributed by atoms with E-state index in [1.165, 1.54) is 12.0 Å². The monoisotopic (exact) mass is 191 g/mol. The smallest absolute Gasteiger partial charge is 0.0207 e. The van der Waals surface area contributed by atoms with Gasteiger partial charge in [0.1, 0.15) is 0 Å². The Morgan fingerprint density at radius 1 is 1.07 bits per heavy atom. The molecule has 1 rings (SSSR count). The molecule has 0 spiro atoms. The van der Waals surface area contributed by atoms with Crippen molar-refractivity contribution in [2.24, 2.45) is 5.92 Å². The minimum atomic E-state index is 0.607. The highest BCUT2D eigenvalue weighted by atomic mass is 14.9. The summed E-state index contributed by atoms with van der Waals surface area (Å²) >= 11 is 0. The van der Waals surface area contributed by atoms with Gasteiger partial charge >= 0.3 is 0 Å². The average Bonchev–Trinajstić information content (AvgIpc) is 2.15. The predicted molar refractivity (Wildman–Crippen MR) is 62.2 cm³/mol. The number of nitrogens with one attached hydrogen (secondary N) is 1. The van der Waals surface area contributed by atoms with Gasteiger partial charge in [-0.05, 0) is 24.8 Å². The molecule has 78 valence electrons. The Morgan fingerprint density at radius 3 is 2.29 bits per heavy atom. The van der Waals surface area contributed by atoms with Crippen LogP contribution in [0.25, 0.3) is 0 Å². The van der Waals surface area contributed by atoms with Gasteiger partial charge in [0.15, 0.2) is 0 Å². The molecule has 0 saturated carbocycles. The lowest BCUT2D eigenvalue weighted by molar-refractivity contribution is 0.441. The second kappa shape index (κ2) is 5.82. The fourth-order valence-corrected chi connectivity index (χ4v) is 1.68. The molecule has 1 aromatic rings. The van der Waals surface area contributed by atoms with Crippen LogP contribution in [0.1, 0.15) is 32.8 Å². The Bertz CT molecular complexity index is 241. The van der Waals surface area contributed by atoms with E-state index in [0.29, 0.717) is 6.04 Å². The zero-order valence-electron chi connectivity index (χ0n) is 9.46. The van der Waals surface area contributed by atoms with Gasteiger partial charge in [-0.2, -0.15) is 0 Å². The van der Waals surface area contributed by atoms with E-state index in [-0.39, 0.29) is 0 Å². The van der Waals surface area contributed by atoms with Gasteiger partial charge < -0.3 is 5.32 Å². The fourth-order valence-electron chi connectivity index (χ4n) is 1.68. The first kappa shape index (κ1) is 11.3. The standard InChI is InChI=1S/C13H21N/c1-11(2)9-12(3)14-10-13-7-5-4-6-8-13/h4-8,11-12,14H,9-10H2,1-3H3/t12-/m0/s1. The number of hydrogen-bond acceptors (Lipinski definition) is 1. The summed E-state index contributed by atoms with van der Waals surface area (Å²) in [6.45, 7) is 7.76. The van der Waals surface area contributed by atoms with Crippen molar-refractivity contribution in [2.45, 2.75) is 39.8 Å². The van der Waals surface area contributed by atoms with Gasteiger partial charge in [0.25, 0.3) is 0 Å². The van der Waals surface area contributed by atoms with E-state index in [4.69, 9.17) is 0 Å². The summed E-state index contributed by atoms with van der Waals surface area (Å²) in [7, 11) is 0. The third kappa shape index (κ3) is 4.43. The SMILES string of the molecule is CC(C)C[C@H](C)NCc1ccccc1. The number of benzene rings is 1. The third-order valence-electron chi connectivity index (χ3n) is 2.32. The maximum atomic E-state index is 3.53. The Balaban J connectivity index is 2.27. The van der Waals surface area contributed by atoms with Gasteiger partial charge in [0.05, 0.1) is 0 Å². The Morgan fingerprint density at radius 2 is 1.71 bits per heavy atom. The third-order valence-corrected chi connectivity index (χ3v) is 2.32. The largest absolute Gasteiger partial charge is 0.310 e. The Hall–Kier alpha value is -0.820. The van der Waals surface area contributed by atoms with E-state index in [9.17, 15) is 0 Å². The van der Waals surface area contributed by atoms with E-state index in [0.717, 1.165) is 12.5 Å². The summed E-state index contributed by atoms with van der Waals surface area (Å²) in [6, 6.07) is 11.2. The van der Waals surface area contributed by atoms with Crippen LogP contribution in [0.5, 0.6) is 0 Å². The molecule has 0 bridgehead atoms. The molecule has 0 unspecified atom stereocenters. The lowest BCUT2D eigenvalue weighted by atomic mass is 10.1. The molecule has 1 atom stereocenters. The number of rotatable bonds is 5. The van der Waals surface area contributed by atoms with Gasteiger partial charge in [0, 0.05) is 12.6 Å².